The molecular weight excluding hydrogens is 238 g/mol. The molecule has 104 valence electrons. The van der Waals surface area contributed by atoms with E-state index in [2.05, 4.69) is 36.1 Å². The van der Waals surface area contributed by atoms with Crippen molar-refractivity contribution in [2.24, 2.45) is 5.84 Å². The Kier molecular flexibility index (Phi) is 2.89. The van der Waals surface area contributed by atoms with Crippen LogP contribution in [-0.4, -0.2) is 22.1 Å². The summed E-state index contributed by atoms with van der Waals surface area (Å²) in [7, 11) is 0. The molecule has 0 bridgehead atoms. The van der Waals surface area contributed by atoms with Crippen LogP contribution in [0.2, 0.25) is 0 Å². The second-order valence-electron chi connectivity index (χ2n) is 6.37. The fourth-order valence-corrected chi connectivity index (χ4v) is 2.95. The molecule has 0 atom stereocenters. The smallest absolute Gasteiger partial charge is 0.148 e. The summed E-state index contributed by atoms with van der Waals surface area (Å²) in [5.74, 6) is 8.95. The highest BCUT2D eigenvalue weighted by Crippen LogP contribution is 2.41. The molecule has 2 aliphatic rings. The second kappa shape index (κ2) is 4.34. The molecule has 0 radical (unpaired) electrons. The summed E-state index contributed by atoms with van der Waals surface area (Å²) in [5, 5.41) is 0. The lowest BCUT2D eigenvalue weighted by Crippen LogP contribution is -2.39. The summed E-state index contributed by atoms with van der Waals surface area (Å²) in [6, 6.07) is 0. The maximum absolute atomic E-state index is 5.62. The summed E-state index contributed by atoms with van der Waals surface area (Å²) in [5.41, 5.74) is 3.96. The minimum absolute atomic E-state index is 0.172. The fraction of sp³-hybridized carbons (Fsp3) is 0.714. The van der Waals surface area contributed by atoms with Gasteiger partial charge in [0.2, 0.25) is 0 Å². The molecule has 1 aliphatic carbocycles. The predicted molar refractivity (Wildman–Crippen MR) is 77.2 cm³/mol. The lowest BCUT2D eigenvalue weighted by Gasteiger charge is -2.34. The van der Waals surface area contributed by atoms with Crippen molar-refractivity contribution in [3.8, 4) is 0 Å². The Morgan fingerprint density at radius 2 is 2.05 bits per heavy atom. The topological polar surface area (TPSA) is 67.1 Å². The fourth-order valence-electron chi connectivity index (χ4n) is 2.95. The molecule has 1 saturated carbocycles. The predicted octanol–water partition coefficient (Wildman–Crippen LogP) is 2.33. The van der Waals surface area contributed by atoms with Gasteiger partial charge >= 0.3 is 0 Å². The van der Waals surface area contributed by atoms with E-state index in [1.165, 1.54) is 25.7 Å². The summed E-state index contributed by atoms with van der Waals surface area (Å²) in [4.78, 5) is 11.8. The van der Waals surface area contributed by atoms with E-state index < -0.39 is 0 Å². The number of aromatic nitrogens is 2. The van der Waals surface area contributed by atoms with Crippen molar-refractivity contribution in [1.29, 1.82) is 0 Å². The Hall–Kier alpha value is -1.36. The normalized spacial score (nSPS) is 21.8. The number of hydrogen-bond acceptors (Lipinski definition) is 5. The van der Waals surface area contributed by atoms with E-state index >= 15 is 0 Å². The molecule has 3 rings (SSSR count). The first-order valence-corrected chi connectivity index (χ1v) is 7.16. The van der Waals surface area contributed by atoms with Gasteiger partial charge in [0.15, 0.2) is 0 Å². The van der Waals surface area contributed by atoms with Crippen LogP contribution in [0.5, 0.6) is 0 Å². The minimum Gasteiger partial charge on any atom is -0.351 e. The highest BCUT2D eigenvalue weighted by atomic mass is 15.3. The van der Waals surface area contributed by atoms with E-state index in [4.69, 9.17) is 10.8 Å². The zero-order valence-electron chi connectivity index (χ0n) is 12.0. The lowest BCUT2D eigenvalue weighted by molar-refractivity contribution is 0.512. The van der Waals surface area contributed by atoms with Crippen molar-refractivity contribution in [2.75, 3.05) is 16.9 Å². The molecule has 0 spiro atoms. The minimum atomic E-state index is 0.172. The monoisotopic (exact) mass is 261 g/mol. The van der Waals surface area contributed by atoms with Crippen LogP contribution in [0.25, 0.3) is 0 Å². The number of nitrogens with two attached hydrogens (primary N) is 1. The Bertz CT molecular complexity index is 493. The van der Waals surface area contributed by atoms with Gasteiger partial charge in [0, 0.05) is 23.6 Å². The first-order valence-electron chi connectivity index (χ1n) is 7.16. The maximum Gasteiger partial charge on any atom is 0.148 e. The number of nitrogen functional groups attached to an aromatic ring is 1. The van der Waals surface area contributed by atoms with E-state index in [0.29, 0.717) is 5.92 Å². The first kappa shape index (κ1) is 12.7. The molecule has 0 amide bonds. The van der Waals surface area contributed by atoms with Gasteiger partial charge in [-0.1, -0.05) is 0 Å². The number of nitrogens with one attached hydrogen (secondary N) is 1. The number of hydrazine groups is 1. The van der Waals surface area contributed by atoms with E-state index in [-0.39, 0.29) is 5.54 Å². The van der Waals surface area contributed by atoms with Gasteiger partial charge in [-0.15, -0.1) is 0 Å². The highest BCUT2D eigenvalue weighted by Gasteiger charge is 2.36. The van der Waals surface area contributed by atoms with Crippen LogP contribution in [0.3, 0.4) is 0 Å². The molecule has 1 aromatic heterocycles. The van der Waals surface area contributed by atoms with Crippen molar-refractivity contribution in [3.05, 3.63) is 11.4 Å². The molecular formula is C14H23N5. The van der Waals surface area contributed by atoms with Crippen LogP contribution in [0.1, 0.15) is 56.8 Å². The van der Waals surface area contributed by atoms with Crippen molar-refractivity contribution >= 4 is 11.6 Å². The van der Waals surface area contributed by atoms with Gasteiger partial charge in [-0.2, -0.15) is 0 Å². The van der Waals surface area contributed by atoms with Gasteiger partial charge in [0.1, 0.15) is 17.5 Å². The van der Waals surface area contributed by atoms with Crippen LogP contribution >= 0.6 is 0 Å². The van der Waals surface area contributed by atoms with E-state index in [1.807, 2.05) is 0 Å². The number of anilines is 2. The van der Waals surface area contributed by atoms with Gasteiger partial charge in [-0.3, -0.25) is 0 Å². The zero-order valence-corrected chi connectivity index (χ0v) is 12.0. The molecule has 2 fully saturated rings. The molecule has 2 heterocycles. The average molecular weight is 261 g/mol. The van der Waals surface area contributed by atoms with E-state index in [0.717, 1.165) is 29.6 Å². The van der Waals surface area contributed by atoms with Crippen LogP contribution in [0.15, 0.2) is 0 Å². The summed E-state index contributed by atoms with van der Waals surface area (Å²) in [6.07, 6.45) is 4.84. The Morgan fingerprint density at radius 3 is 2.58 bits per heavy atom. The molecule has 5 nitrogen and oxygen atoms in total. The van der Waals surface area contributed by atoms with Gasteiger partial charge in [0.25, 0.3) is 0 Å². The van der Waals surface area contributed by atoms with Gasteiger partial charge in [0.05, 0.1) is 0 Å². The third kappa shape index (κ3) is 2.16. The zero-order chi connectivity index (χ0) is 13.6. The molecule has 1 aromatic rings. The highest BCUT2D eigenvalue weighted by molar-refractivity contribution is 5.60. The number of hydrogen-bond donors (Lipinski definition) is 2. The molecule has 0 aromatic carbocycles. The van der Waals surface area contributed by atoms with Crippen LogP contribution in [-0.2, 0) is 0 Å². The lowest BCUT2D eigenvalue weighted by atomic mass is 10.0. The molecule has 1 saturated heterocycles. The van der Waals surface area contributed by atoms with Crippen molar-refractivity contribution < 1.29 is 0 Å². The Morgan fingerprint density at radius 1 is 1.32 bits per heavy atom. The molecule has 5 heteroatoms. The van der Waals surface area contributed by atoms with Crippen LogP contribution in [0.4, 0.5) is 11.6 Å². The average Bonchev–Trinajstić information content (AvgIpc) is 3.15. The van der Waals surface area contributed by atoms with Crippen molar-refractivity contribution in [2.45, 2.75) is 57.9 Å². The molecule has 3 N–H and O–H groups in total. The quantitative estimate of drug-likeness (QED) is 0.645. The largest absolute Gasteiger partial charge is 0.351 e. The summed E-state index contributed by atoms with van der Waals surface area (Å²) >= 11 is 0. The maximum atomic E-state index is 5.62. The van der Waals surface area contributed by atoms with Gasteiger partial charge in [-0.25, -0.2) is 15.8 Å². The summed E-state index contributed by atoms with van der Waals surface area (Å²) in [6.45, 7) is 7.69. The van der Waals surface area contributed by atoms with Crippen LogP contribution < -0.4 is 16.2 Å². The Labute approximate surface area is 114 Å². The SMILES string of the molecule is Cc1c(NN)nc(C2CC2)nc1N1CCCC1(C)C. The third-order valence-corrected chi connectivity index (χ3v) is 4.37. The standard InChI is InChI=1S/C14H23N5/c1-9-11(18-15)16-12(10-5-6-10)17-13(9)19-8-4-7-14(19,2)3/h10H,4-8,15H2,1-3H3,(H,16,17,18). The first-order chi connectivity index (χ1) is 9.03. The summed E-state index contributed by atoms with van der Waals surface area (Å²) < 4.78 is 0. The number of nitrogens with zero attached hydrogens (tertiary/aromatic N) is 3. The van der Waals surface area contributed by atoms with E-state index in [9.17, 15) is 0 Å². The van der Waals surface area contributed by atoms with Crippen molar-refractivity contribution in [3.63, 3.8) is 0 Å². The van der Waals surface area contributed by atoms with Crippen molar-refractivity contribution in [1.82, 2.24) is 9.97 Å². The van der Waals surface area contributed by atoms with Gasteiger partial charge < -0.3 is 10.3 Å². The third-order valence-electron chi connectivity index (χ3n) is 4.37. The second-order valence-corrected chi connectivity index (χ2v) is 6.37. The number of rotatable bonds is 3. The van der Waals surface area contributed by atoms with E-state index in [1.54, 1.807) is 0 Å². The molecule has 0 unspecified atom stereocenters. The molecule has 1 aliphatic heterocycles. The van der Waals surface area contributed by atoms with Gasteiger partial charge in [-0.05, 0) is 46.5 Å². The van der Waals surface area contributed by atoms with Crippen LogP contribution in [0, 0.1) is 6.92 Å². The Balaban J connectivity index is 2.06. The molecule has 19 heavy (non-hydrogen) atoms.